The fraction of sp³-hybridized carbons (Fsp3) is 0.591. The van der Waals surface area contributed by atoms with Gasteiger partial charge in [0, 0.05) is 22.9 Å². The number of benzene rings is 2. The van der Waals surface area contributed by atoms with E-state index in [1.54, 1.807) is 132 Å². The summed E-state index contributed by atoms with van der Waals surface area (Å²) < 4.78 is 21.8. The summed E-state index contributed by atoms with van der Waals surface area (Å²) in [5.74, 6) is -2.10. The van der Waals surface area contributed by atoms with Crippen LogP contribution in [0.25, 0.3) is 0 Å². The van der Waals surface area contributed by atoms with E-state index in [2.05, 4.69) is 21.3 Å². The van der Waals surface area contributed by atoms with Crippen molar-refractivity contribution in [3.05, 3.63) is 59.7 Å². The Morgan fingerprint density at radius 1 is 0.483 bits per heavy atom. The molecule has 334 valence electrons. The Balaban J connectivity index is 2.17. The Labute approximate surface area is 363 Å². The van der Waals surface area contributed by atoms with Gasteiger partial charge in [-0.15, -0.1) is 0 Å². The van der Waals surface area contributed by atoms with Crippen LogP contribution in [0.5, 0.6) is 0 Å². The number of rotatable bonds is 19. The minimum absolute atomic E-state index is 0.274. The van der Waals surface area contributed by atoms with Gasteiger partial charge in [0.15, 0.2) is 0 Å². The second-order valence-electron chi connectivity index (χ2n) is 18.1. The number of hydrogen-bond donors (Lipinski definition) is 4. The average Bonchev–Trinajstić information content (AvgIpc) is 3.09. The fourth-order valence-electron chi connectivity index (χ4n) is 5.22. The van der Waals surface area contributed by atoms with Gasteiger partial charge in [0.25, 0.3) is 11.8 Å². The zero-order valence-corrected chi connectivity index (χ0v) is 39.0. The van der Waals surface area contributed by atoms with E-state index >= 15 is 0 Å². The van der Waals surface area contributed by atoms with Crippen molar-refractivity contribution in [3.63, 3.8) is 0 Å². The van der Waals surface area contributed by atoms with Crippen LogP contribution < -0.4 is 21.3 Å². The zero-order valence-electron chi connectivity index (χ0n) is 37.3. The minimum Gasteiger partial charge on any atom is -0.458 e. The second kappa shape index (κ2) is 23.5. The number of nitrogens with one attached hydrogen (secondary N) is 4. The number of hydrogen-bond acceptors (Lipinski definition) is 12. The van der Waals surface area contributed by atoms with Crippen molar-refractivity contribution < 1.29 is 47.7 Å². The third-order valence-electron chi connectivity index (χ3n) is 7.65. The van der Waals surface area contributed by atoms with Gasteiger partial charge in [0.2, 0.25) is 0 Å². The standard InChI is InChI=1S/C44H66N4O10S2/c1-41(2,3)55-37(51)31(23-17-19-27-45-39(53)57-43(7,8)9)47-35(49)29-21-13-15-25-33(29)59-60-34-26-16-14-22-30(34)36(50)48-32(38(52)56-42(4,5)6)24-18-20-28-46-40(54)58-44(10,11)12/h13-16,21-22,25-26,31-32H,17-20,23-24,27-28H2,1-12H3,(H,45,53)(H,46,54)(H,47,49)(H,48,50)/t31-,32-/m0/s1. The summed E-state index contributed by atoms with van der Waals surface area (Å²) in [6, 6.07) is 12.0. The molecular formula is C44H66N4O10S2. The Bertz CT molecular complexity index is 1630. The number of alkyl carbamates (subject to hydrolysis) is 2. The van der Waals surface area contributed by atoms with Crippen molar-refractivity contribution in [1.82, 2.24) is 21.3 Å². The monoisotopic (exact) mass is 874 g/mol. The van der Waals surface area contributed by atoms with E-state index < -0.39 is 70.4 Å². The average molecular weight is 875 g/mol. The van der Waals surface area contributed by atoms with Crippen molar-refractivity contribution in [2.24, 2.45) is 0 Å². The number of esters is 2. The lowest BCUT2D eigenvalue weighted by atomic mass is 10.1. The molecule has 14 nitrogen and oxygen atoms in total. The molecule has 2 aromatic carbocycles. The molecule has 0 spiro atoms. The van der Waals surface area contributed by atoms with Gasteiger partial charge in [0.05, 0.1) is 11.1 Å². The Hall–Kier alpha value is -4.44. The molecule has 16 heteroatoms. The highest BCUT2D eigenvalue weighted by Crippen LogP contribution is 2.40. The Morgan fingerprint density at radius 2 is 0.800 bits per heavy atom. The van der Waals surface area contributed by atoms with E-state index in [1.807, 2.05) is 0 Å². The molecule has 0 unspecified atom stereocenters. The highest BCUT2D eigenvalue weighted by molar-refractivity contribution is 8.76. The van der Waals surface area contributed by atoms with Crippen LogP contribution in [0.3, 0.4) is 0 Å². The molecule has 0 saturated carbocycles. The van der Waals surface area contributed by atoms with Gasteiger partial charge in [-0.1, -0.05) is 45.9 Å². The smallest absolute Gasteiger partial charge is 0.407 e. The Kier molecular flexibility index (Phi) is 20.3. The van der Waals surface area contributed by atoms with Gasteiger partial charge in [-0.25, -0.2) is 19.2 Å². The summed E-state index contributed by atoms with van der Waals surface area (Å²) in [6.45, 7) is 21.8. The summed E-state index contributed by atoms with van der Waals surface area (Å²) in [6.07, 6.45) is 1.58. The first-order valence-electron chi connectivity index (χ1n) is 20.3. The molecule has 0 aromatic heterocycles. The van der Waals surface area contributed by atoms with Crippen molar-refractivity contribution in [2.45, 2.75) is 166 Å². The third kappa shape index (κ3) is 21.7. The molecule has 0 aliphatic carbocycles. The maximum absolute atomic E-state index is 13.8. The van der Waals surface area contributed by atoms with E-state index in [-0.39, 0.29) is 12.8 Å². The predicted octanol–water partition coefficient (Wildman–Crippen LogP) is 8.76. The first-order chi connectivity index (χ1) is 27.7. The molecule has 0 saturated heterocycles. The molecule has 2 rings (SSSR count). The third-order valence-corrected chi connectivity index (χ3v) is 10.1. The van der Waals surface area contributed by atoms with E-state index in [0.717, 1.165) is 0 Å². The quantitative estimate of drug-likeness (QED) is 0.0456. The fourth-order valence-corrected chi connectivity index (χ4v) is 7.57. The first kappa shape index (κ1) is 51.7. The van der Waals surface area contributed by atoms with Crippen LogP contribution in [0.4, 0.5) is 9.59 Å². The van der Waals surface area contributed by atoms with Crippen LogP contribution in [-0.2, 0) is 28.5 Å². The summed E-state index contributed by atoms with van der Waals surface area (Å²) in [5.41, 5.74) is -2.17. The highest BCUT2D eigenvalue weighted by Gasteiger charge is 2.30. The van der Waals surface area contributed by atoms with Crippen molar-refractivity contribution >= 4 is 57.5 Å². The molecule has 0 aliphatic heterocycles. The topological polar surface area (TPSA) is 187 Å². The lowest BCUT2D eigenvalue weighted by molar-refractivity contribution is -0.158. The summed E-state index contributed by atoms with van der Waals surface area (Å²) in [5, 5.41) is 11.1. The first-order valence-corrected chi connectivity index (χ1v) is 22.4. The lowest BCUT2D eigenvalue weighted by Crippen LogP contribution is -2.44. The predicted molar refractivity (Wildman–Crippen MR) is 235 cm³/mol. The number of carbonyl (C=O) groups is 6. The van der Waals surface area contributed by atoms with E-state index in [0.29, 0.717) is 59.7 Å². The largest absolute Gasteiger partial charge is 0.458 e. The molecule has 4 N–H and O–H groups in total. The van der Waals surface area contributed by atoms with Crippen LogP contribution in [0.15, 0.2) is 58.3 Å². The van der Waals surface area contributed by atoms with Gasteiger partial charge in [-0.2, -0.15) is 0 Å². The van der Waals surface area contributed by atoms with E-state index in [9.17, 15) is 28.8 Å². The van der Waals surface area contributed by atoms with Crippen molar-refractivity contribution in [3.8, 4) is 0 Å². The zero-order chi connectivity index (χ0) is 45.3. The molecule has 0 fully saturated rings. The molecule has 4 amide bonds. The second-order valence-corrected chi connectivity index (χ2v) is 20.3. The Morgan fingerprint density at radius 3 is 1.12 bits per heavy atom. The van der Waals surface area contributed by atoms with Gasteiger partial charge < -0.3 is 40.2 Å². The summed E-state index contributed by atoms with van der Waals surface area (Å²) in [4.78, 5) is 79.4. The maximum Gasteiger partial charge on any atom is 0.407 e. The molecule has 0 bridgehead atoms. The number of amides is 4. The molecule has 0 aliphatic rings. The number of ether oxygens (including phenoxy) is 4. The minimum atomic E-state index is -0.951. The number of carbonyl (C=O) groups excluding carboxylic acids is 6. The van der Waals surface area contributed by atoms with Gasteiger partial charge in [0.1, 0.15) is 34.5 Å². The molecule has 2 aromatic rings. The maximum atomic E-state index is 13.8. The molecular weight excluding hydrogens is 809 g/mol. The lowest BCUT2D eigenvalue weighted by Gasteiger charge is -2.25. The SMILES string of the molecule is CC(C)(C)OC(=O)NCCCC[C@H](NC(=O)c1ccccc1SSc1ccccc1C(=O)N[C@@H](CCCCNC(=O)OC(C)(C)C)C(=O)OC(C)(C)C)C(=O)OC(C)(C)C. The van der Waals surface area contributed by atoms with Gasteiger partial charge >= 0.3 is 24.1 Å². The molecule has 0 heterocycles. The summed E-state index contributed by atoms with van der Waals surface area (Å²) in [7, 11) is 2.53. The molecule has 2 atom stereocenters. The van der Waals surface area contributed by atoms with E-state index in [1.165, 1.54) is 21.6 Å². The van der Waals surface area contributed by atoms with Crippen LogP contribution in [0.2, 0.25) is 0 Å². The number of unbranched alkanes of at least 4 members (excludes halogenated alkanes) is 2. The van der Waals surface area contributed by atoms with Crippen molar-refractivity contribution in [1.29, 1.82) is 0 Å². The van der Waals surface area contributed by atoms with Crippen LogP contribution in [0.1, 0.15) is 142 Å². The summed E-state index contributed by atoms with van der Waals surface area (Å²) >= 11 is 0. The van der Waals surface area contributed by atoms with Crippen LogP contribution in [-0.4, -0.2) is 83.5 Å². The van der Waals surface area contributed by atoms with Gasteiger partial charge in [-0.05, 0) is 146 Å². The van der Waals surface area contributed by atoms with Crippen LogP contribution in [0, 0.1) is 0 Å². The highest BCUT2D eigenvalue weighted by atomic mass is 33.1. The van der Waals surface area contributed by atoms with E-state index in [4.69, 9.17) is 18.9 Å². The van der Waals surface area contributed by atoms with Crippen molar-refractivity contribution in [2.75, 3.05) is 13.1 Å². The van der Waals surface area contributed by atoms with Crippen LogP contribution >= 0.6 is 21.6 Å². The molecule has 0 radical (unpaired) electrons. The van der Waals surface area contributed by atoms with Gasteiger partial charge in [-0.3, -0.25) is 9.59 Å². The normalized spacial score (nSPS) is 12.9. The molecule has 60 heavy (non-hydrogen) atoms.